The molecule has 2 heterocycles. The van der Waals surface area contributed by atoms with Crippen molar-refractivity contribution in [3.63, 3.8) is 0 Å². The normalized spacial score (nSPS) is 12.8. The summed E-state index contributed by atoms with van der Waals surface area (Å²) >= 11 is 0. The van der Waals surface area contributed by atoms with Crippen LogP contribution in [0.4, 0.5) is 26.3 Å². The Morgan fingerprint density at radius 1 is 1.06 bits per heavy atom. The Morgan fingerprint density at radius 2 is 1.72 bits per heavy atom. The molecule has 2 N–H and O–H groups in total. The molecule has 0 radical (unpaired) electrons. The van der Waals surface area contributed by atoms with Crippen molar-refractivity contribution in [1.82, 2.24) is 14.7 Å². The summed E-state index contributed by atoms with van der Waals surface area (Å²) in [5, 5.41) is 0.181. The van der Waals surface area contributed by atoms with Crippen molar-refractivity contribution >= 4 is 27.0 Å². The van der Waals surface area contributed by atoms with Gasteiger partial charge in [0, 0.05) is 18.1 Å². The molecule has 0 saturated heterocycles. The summed E-state index contributed by atoms with van der Waals surface area (Å²) in [4.78, 5) is 16.4. The second-order valence-corrected chi connectivity index (χ2v) is 8.12. The minimum atomic E-state index is -5.19. The van der Waals surface area contributed by atoms with E-state index < -0.39 is 47.2 Å². The van der Waals surface area contributed by atoms with Gasteiger partial charge in [0.05, 0.1) is 4.90 Å². The number of alkyl halides is 6. The molecule has 0 aliphatic carbocycles. The molecule has 0 aliphatic rings. The van der Waals surface area contributed by atoms with Crippen molar-refractivity contribution in [1.29, 1.82) is 0 Å². The second-order valence-electron chi connectivity index (χ2n) is 6.36. The lowest BCUT2D eigenvalue weighted by atomic mass is 10.0. The second kappa shape index (κ2) is 8.43. The molecule has 0 atom stereocenters. The van der Waals surface area contributed by atoms with Gasteiger partial charge in [-0.05, 0) is 35.4 Å². The Bertz CT molecular complexity index is 1230. The van der Waals surface area contributed by atoms with Crippen molar-refractivity contribution in [3.8, 4) is 11.1 Å². The number of fused-ring (bicyclic) bond motifs is 1. The molecule has 0 aliphatic heterocycles. The number of H-pyrrole nitrogens is 1. The molecule has 3 rings (SSSR count). The quantitative estimate of drug-likeness (QED) is 0.318. The Kier molecular flexibility index (Phi) is 6.20. The number of aromatic nitrogens is 2. The van der Waals surface area contributed by atoms with Crippen LogP contribution in [0.25, 0.3) is 22.2 Å². The number of benzene rings is 1. The zero-order valence-electron chi connectivity index (χ0n) is 15.7. The summed E-state index contributed by atoms with van der Waals surface area (Å²) in [6.07, 6.45) is -8.49. The lowest BCUT2D eigenvalue weighted by Crippen LogP contribution is -2.31. The highest BCUT2D eigenvalue weighted by atomic mass is 32.2. The number of pyridine rings is 1. The zero-order valence-corrected chi connectivity index (χ0v) is 16.5. The first kappa shape index (κ1) is 23.5. The van der Waals surface area contributed by atoms with Gasteiger partial charge in [-0.3, -0.25) is 0 Å². The molecule has 0 bridgehead atoms. The van der Waals surface area contributed by atoms with E-state index in [0.717, 1.165) is 6.07 Å². The summed E-state index contributed by atoms with van der Waals surface area (Å²) in [5.74, 6) is -2.44. The summed E-state index contributed by atoms with van der Waals surface area (Å²) in [6, 6.07) is 7.41. The Morgan fingerprint density at radius 3 is 2.31 bits per heavy atom. The van der Waals surface area contributed by atoms with E-state index in [4.69, 9.17) is 0 Å². The van der Waals surface area contributed by atoms with Crippen LogP contribution in [0.1, 0.15) is 5.69 Å². The molecule has 0 spiro atoms. The molecule has 0 amide bonds. The third kappa shape index (κ3) is 5.19. The lowest BCUT2D eigenvalue weighted by Gasteiger charge is -2.10. The summed E-state index contributed by atoms with van der Waals surface area (Å²) < 4.78 is 105. The van der Waals surface area contributed by atoms with Gasteiger partial charge in [0.2, 0.25) is 10.0 Å². The molecule has 0 fully saturated rings. The number of esters is 1. The molecule has 14 heteroatoms. The van der Waals surface area contributed by atoms with Gasteiger partial charge in [0.15, 0.2) is 0 Å². The molecule has 0 saturated carbocycles. The van der Waals surface area contributed by atoms with Crippen molar-refractivity contribution in [2.24, 2.45) is 0 Å². The fourth-order valence-corrected chi connectivity index (χ4v) is 3.74. The predicted octanol–water partition coefficient (Wildman–Crippen LogP) is 3.63. The van der Waals surface area contributed by atoms with Gasteiger partial charge in [-0.15, -0.1) is 0 Å². The number of hydrogen-bond acceptors (Lipinski definition) is 5. The summed E-state index contributed by atoms with van der Waals surface area (Å²) in [5.41, 5.74) is -0.204. The van der Waals surface area contributed by atoms with Gasteiger partial charge >= 0.3 is 18.3 Å². The SMILES string of the molecule is O=C(OCCNS(=O)(=O)c1ccc(-c2ccnc3[nH]c(C(F)(F)F)cc23)cc1)C(F)(F)F. The van der Waals surface area contributed by atoms with Crippen LogP contribution < -0.4 is 4.72 Å². The average molecular weight is 481 g/mol. The van der Waals surface area contributed by atoms with E-state index in [1.54, 1.807) is 0 Å². The highest BCUT2D eigenvalue weighted by Crippen LogP contribution is 2.34. The van der Waals surface area contributed by atoms with Crippen molar-refractivity contribution in [3.05, 3.63) is 48.3 Å². The molecule has 3 aromatic rings. The van der Waals surface area contributed by atoms with Crippen LogP contribution in [0.5, 0.6) is 0 Å². The Hall–Kier alpha value is -3.13. The molecule has 172 valence electrons. The number of hydrogen-bond donors (Lipinski definition) is 2. The minimum absolute atomic E-state index is 0.00148. The van der Waals surface area contributed by atoms with Gasteiger partial charge < -0.3 is 9.72 Å². The monoisotopic (exact) mass is 481 g/mol. The van der Waals surface area contributed by atoms with E-state index in [0.29, 0.717) is 11.1 Å². The molecule has 1 aromatic carbocycles. The number of nitrogens with one attached hydrogen (secondary N) is 2. The van der Waals surface area contributed by atoms with Crippen LogP contribution in [-0.2, 0) is 25.7 Å². The number of carbonyl (C=O) groups is 1. The fraction of sp³-hybridized carbons (Fsp3) is 0.222. The van der Waals surface area contributed by atoms with Gasteiger partial charge in [-0.1, -0.05) is 12.1 Å². The van der Waals surface area contributed by atoms with E-state index in [9.17, 15) is 39.6 Å². The molecular formula is C18H13F6N3O4S. The summed E-state index contributed by atoms with van der Waals surface area (Å²) in [6.45, 7) is -1.43. The third-order valence-corrected chi connectivity index (χ3v) is 5.65. The van der Waals surface area contributed by atoms with E-state index in [-0.39, 0.29) is 15.9 Å². The number of aromatic amines is 1. The molecular weight excluding hydrogens is 468 g/mol. The van der Waals surface area contributed by atoms with Crippen LogP contribution in [0.2, 0.25) is 0 Å². The topological polar surface area (TPSA) is 101 Å². The van der Waals surface area contributed by atoms with Crippen molar-refractivity contribution in [2.75, 3.05) is 13.2 Å². The first-order valence-electron chi connectivity index (χ1n) is 8.68. The average Bonchev–Trinajstić information content (AvgIpc) is 3.15. The molecule has 32 heavy (non-hydrogen) atoms. The number of ether oxygens (including phenoxy) is 1. The Balaban J connectivity index is 1.75. The maximum atomic E-state index is 13.0. The van der Waals surface area contributed by atoms with Crippen LogP contribution >= 0.6 is 0 Å². The molecule has 0 unspecified atom stereocenters. The number of rotatable bonds is 6. The maximum absolute atomic E-state index is 13.0. The van der Waals surface area contributed by atoms with Gasteiger partial charge in [-0.2, -0.15) is 26.3 Å². The predicted molar refractivity (Wildman–Crippen MR) is 98.7 cm³/mol. The standard InChI is InChI=1S/C18H13F6N3O4S/c19-17(20,21)14-9-13-12(5-6-25-15(13)27-14)10-1-3-11(4-2-10)32(29,30)26-7-8-31-16(28)18(22,23)24/h1-6,9,26H,7-8H2,(H,25,27). The Labute approximate surface area is 176 Å². The van der Waals surface area contributed by atoms with Crippen LogP contribution in [0.15, 0.2) is 47.5 Å². The first-order valence-corrected chi connectivity index (χ1v) is 10.2. The van der Waals surface area contributed by atoms with E-state index >= 15 is 0 Å². The minimum Gasteiger partial charge on any atom is -0.458 e. The van der Waals surface area contributed by atoms with E-state index in [2.05, 4.69) is 14.7 Å². The highest BCUT2D eigenvalue weighted by Gasteiger charge is 2.40. The van der Waals surface area contributed by atoms with E-state index in [1.807, 2.05) is 4.72 Å². The third-order valence-electron chi connectivity index (χ3n) is 4.17. The highest BCUT2D eigenvalue weighted by molar-refractivity contribution is 7.89. The number of nitrogens with zero attached hydrogens (tertiary/aromatic N) is 1. The van der Waals surface area contributed by atoms with Crippen LogP contribution in [0.3, 0.4) is 0 Å². The van der Waals surface area contributed by atoms with Crippen molar-refractivity contribution in [2.45, 2.75) is 17.2 Å². The molecule has 2 aromatic heterocycles. The zero-order chi connectivity index (χ0) is 23.7. The fourth-order valence-electron chi connectivity index (χ4n) is 2.73. The number of carbonyl (C=O) groups excluding carboxylic acids is 1. The first-order chi connectivity index (χ1) is 14.8. The van der Waals surface area contributed by atoms with Gasteiger partial charge in [-0.25, -0.2) is 22.9 Å². The van der Waals surface area contributed by atoms with E-state index in [1.165, 1.54) is 36.5 Å². The van der Waals surface area contributed by atoms with Crippen LogP contribution in [-0.4, -0.2) is 43.7 Å². The largest absolute Gasteiger partial charge is 0.490 e. The number of halogens is 6. The lowest BCUT2D eigenvalue weighted by molar-refractivity contribution is -0.199. The van der Waals surface area contributed by atoms with Crippen LogP contribution in [0, 0.1) is 0 Å². The maximum Gasteiger partial charge on any atom is 0.490 e. The van der Waals surface area contributed by atoms with Crippen molar-refractivity contribution < 1.29 is 44.3 Å². The van der Waals surface area contributed by atoms with Gasteiger partial charge in [0.1, 0.15) is 17.9 Å². The summed E-state index contributed by atoms with van der Waals surface area (Å²) in [7, 11) is -4.14. The molecule has 7 nitrogen and oxygen atoms in total. The smallest absolute Gasteiger partial charge is 0.458 e. The van der Waals surface area contributed by atoms with Gasteiger partial charge in [0.25, 0.3) is 0 Å². The number of sulfonamides is 1.